The van der Waals surface area contributed by atoms with Crippen molar-refractivity contribution in [2.45, 2.75) is 40.2 Å². The van der Waals surface area contributed by atoms with Gasteiger partial charge in [0.1, 0.15) is 25.4 Å². The monoisotopic (exact) mass is 631 g/mol. The number of hydrogen-bond donors (Lipinski definition) is 1. The van der Waals surface area contributed by atoms with E-state index in [1.807, 2.05) is 62.4 Å². The van der Waals surface area contributed by atoms with Crippen molar-refractivity contribution in [2.24, 2.45) is 10.4 Å². The Balaban J connectivity index is 1.49. The van der Waals surface area contributed by atoms with Crippen molar-refractivity contribution in [3.8, 4) is 0 Å². The lowest BCUT2D eigenvalue weighted by Crippen LogP contribution is -3.06. The van der Waals surface area contributed by atoms with E-state index in [1.165, 1.54) is 18.2 Å². The Hall–Kier alpha value is -3.92. The first-order chi connectivity index (χ1) is 21.5. The van der Waals surface area contributed by atoms with E-state index in [4.69, 9.17) is 13.8 Å². The summed E-state index contributed by atoms with van der Waals surface area (Å²) in [6.45, 7) is 8.84. The molecular formula is C34H38N3O7P. The van der Waals surface area contributed by atoms with E-state index >= 15 is 0 Å². The topological polar surface area (TPSA) is 134 Å². The molecule has 1 fully saturated rings. The van der Waals surface area contributed by atoms with Gasteiger partial charge in [-0.2, -0.15) is 0 Å². The van der Waals surface area contributed by atoms with Crippen molar-refractivity contribution in [3.63, 3.8) is 0 Å². The molecule has 3 aromatic carbocycles. The summed E-state index contributed by atoms with van der Waals surface area (Å²) < 4.78 is 17.7. The Morgan fingerprint density at radius 1 is 1.02 bits per heavy atom. The van der Waals surface area contributed by atoms with Crippen molar-refractivity contribution in [2.75, 3.05) is 26.4 Å². The molecule has 0 saturated carbocycles. The molecule has 0 spiro atoms. The van der Waals surface area contributed by atoms with Gasteiger partial charge in [-0.15, -0.1) is 0 Å². The van der Waals surface area contributed by atoms with Crippen LogP contribution in [0.5, 0.6) is 0 Å². The summed E-state index contributed by atoms with van der Waals surface area (Å²) in [7, 11) is -3.94. The Labute approximate surface area is 264 Å². The summed E-state index contributed by atoms with van der Waals surface area (Å²) in [4.78, 5) is 31.2. The van der Waals surface area contributed by atoms with E-state index in [-0.39, 0.29) is 41.8 Å². The Morgan fingerprint density at radius 2 is 1.67 bits per heavy atom. The summed E-state index contributed by atoms with van der Waals surface area (Å²) in [5, 5.41) is 25.9. The van der Waals surface area contributed by atoms with E-state index < -0.39 is 24.7 Å². The standard InChI is InChI=1S/C34H38N3O7P/c1-24-30(33(38)42-19-18-36(28-15-9-6-10-16-28)21-26-12-7-5-8-13-26)31(27-14-11-17-29(20-27)37(39)40)32(25(2)35-24)45(41)43-22-34(3,4)23-44-45/h5-17,20,31,38H,18-19,21-23H2,1-4H3/t31-/m1/s1. The van der Waals surface area contributed by atoms with Gasteiger partial charge in [0.2, 0.25) is 0 Å². The molecule has 0 radical (unpaired) electrons. The SMILES string of the molecule is CC1=NC(C)=C([P+]2([O-])OCC(C)(C)CO2)[C@H](c2cccc([N+](=O)[O-])c2)C1=C([O-])OCC[NH+](Cc1ccccc1)c1ccccc1. The largest absolute Gasteiger partial charge is 0.627 e. The smallest absolute Gasteiger partial charge is 0.269 e. The van der Waals surface area contributed by atoms with Crippen LogP contribution in [0.1, 0.15) is 44.7 Å². The molecule has 3 aromatic rings. The second-order valence-electron chi connectivity index (χ2n) is 12.1. The third-order valence-electron chi connectivity index (χ3n) is 7.92. The van der Waals surface area contributed by atoms with Crippen molar-refractivity contribution >= 4 is 25.0 Å². The van der Waals surface area contributed by atoms with Crippen LogP contribution in [-0.4, -0.2) is 37.0 Å². The maximum absolute atomic E-state index is 14.3. The fraction of sp³-hybridized carbons (Fsp3) is 0.324. The predicted molar refractivity (Wildman–Crippen MR) is 169 cm³/mol. The van der Waals surface area contributed by atoms with Gasteiger partial charge >= 0.3 is 0 Å². The number of nitro benzene ring substituents is 1. The van der Waals surface area contributed by atoms with Gasteiger partial charge in [-0.05, 0) is 31.5 Å². The maximum Gasteiger partial charge on any atom is 0.269 e. The van der Waals surface area contributed by atoms with Crippen LogP contribution in [0.3, 0.4) is 0 Å². The van der Waals surface area contributed by atoms with Crippen LogP contribution in [0.2, 0.25) is 0 Å². The number of nitrogens with one attached hydrogen (secondary N) is 1. The first-order valence-electron chi connectivity index (χ1n) is 14.9. The fourth-order valence-electron chi connectivity index (χ4n) is 5.62. The van der Waals surface area contributed by atoms with Crippen molar-refractivity contribution in [3.05, 3.63) is 129 Å². The lowest BCUT2D eigenvalue weighted by atomic mass is 9.85. The molecule has 5 rings (SSSR count). The van der Waals surface area contributed by atoms with Gasteiger partial charge in [0, 0.05) is 41.0 Å². The van der Waals surface area contributed by atoms with Crippen LogP contribution in [0.25, 0.3) is 0 Å². The fourth-order valence-corrected chi connectivity index (χ4v) is 8.05. The number of ether oxygens (including phenoxy) is 1. The lowest BCUT2D eigenvalue weighted by Gasteiger charge is -2.42. The lowest BCUT2D eigenvalue weighted by molar-refractivity contribution is -0.848. The molecule has 1 saturated heterocycles. The molecule has 2 aliphatic rings. The second-order valence-corrected chi connectivity index (χ2v) is 14.1. The highest BCUT2D eigenvalue weighted by atomic mass is 31.2. The highest BCUT2D eigenvalue weighted by molar-refractivity contribution is 7.63. The molecule has 1 unspecified atom stereocenters. The Kier molecular flexibility index (Phi) is 9.82. The van der Waals surface area contributed by atoms with Crippen LogP contribution in [0.4, 0.5) is 11.4 Å². The van der Waals surface area contributed by atoms with Gasteiger partial charge in [0.15, 0.2) is 5.31 Å². The minimum Gasteiger partial charge on any atom is -0.627 e. The quantitative estimate of drug-likeness (QED) is 0.150. The molecule has 0 aromatic heterocycles. The number of nitro groups is 1. The van der Waals surface area contributed by atoms with Crippen molar-refractivity contribution in [1.29, 1.82) is 0 Å². The predicted octanol–water partition coefficient (Wildman–Crippen LogP) is 4.59. The van der Waals surface area contributed by atoms with E-state index in [9.17, 15) is 20.1 Å². The molecule has 1 N–H and O–H groups in total. The molecule has 2 aliphatic heterocycles. The summed E-state index contributed by atoms with van der Waals surface area (Å²) >= 11 is 0. The van der Waals surface area contributed by atoms with Gasteiger partial charge in [0.25, 0.3) is 13.6 Å². The highest BCUT2D eigenvalue weighted by Crippen LogP contribution is 2.69. The average Bonchev–Trinajstić information content (AvgIpc) is 3.02. The third kappa shape index (κ3) is 7.49. The molecule has 45 heavy (non-hydrogen) atoms. The van der Waals surface area contributed by atoms with Crippen LogP contribution in [0, 0.1) is 15.5 Å². The zero-order valence-electron chi connectivity index (χ0n) is 25.9. The van der Waals surface area contributed by atoms with E-state index in [0.29, 0.717) is 30.1 Å². The number of rotatable bonds is 10. The molecule has 236 valence electrons. The van der Waals surface area contributed by atoms with Crippen molar-refractivity contribution in [1.82, 2.24) is 0 Å². The number of para-hydroxylation sites is 1. The van der Waals surface area contributed by atoms with Crippen LogP contribution in [0.15, 0.2) is 112 Å². The number of aliphatic imine (C=N–C) groups is 1. The first-order valence-corrected chi connectivity index (χ1v) is 16.4. The summed E-state index contributed by atoms with van der Waals surface area (Å²) in [6.07, 6.45) is 0. The number of allylic oxidation sites excluding steroid dienone is 3. The second kappa shape index (κ2) is 13.6. The molecule has 0 bridgehead atoms. The minimum atomic E-state index is -3.94. The Bertz CT molecular complexity index is 1610. The Morgan fingerprint density at radius 3 is 2.31 bits per heavy atom. The van der Waals surface area contributed by atoms with E-state index in [0.717, 1.165) is 16.2 Å². The van der Waals surface area contributed by atoms with Gasteiger partial charge < -0.3 is 14.7 Å². The summed E-state index contributed by atoms with van der Waals surface area (Å²) in [5.41, 5.74) is 2.97. The van der Waals surface area contributed by atoms with Crippen molar-refractivity contribution < 1.29 is 33.6 Å². The van der Waals surface area contributed by atoms with E-state index in [2.05, 4.69) is 17.1 Å². The number of non-ortho nitro benzene ring substituents is 1. The van der Waals surface area contributed by atoms with Gasteiger partial charge in [0.05, 0.1) is 29.0 Å². The van der Waals surface area contributed by atoms with Crippen LogP contribution < -0.4 is 14.9 Å². The minimum absolute atomic E-state index is 0.0885. The highest BCUT2D eigenvalue weighted by Gasteiger charge is 2.51. The molecule has 2 atom stereocenters. The van der Waals surface area contributed by atoms with Crippen LogP contribution in [-0.2, 0) is 20.3 Å². The normalized spacial score (nSPS) is 21.1. The number of nitrogens with zero attached hydrogens (tertiary/aromatic N) is 2. The molecule has 2 heterocycles. The maximum atomic E-state index is 14.3. The zero-order chi connectivity index (χ0) is 32.2. The third-order valence-corrected chi connectivity index (χ3v) is 10.0. The van der Waals surface area contributed by atoms with Gasteiger partial charge in [-0.3, -0.25) is 20.0 Å². The first kappa shape index (κ1) is 32.5. The molecular weight excluding hydrogens is 593 g/mol. The molecule has 11 heteroatoms. The van der Waals surface area contributed by atoms with Gasteiger partial charge in [-0.25, -0.2) is 9.05 Å². The summed E-state index contributed by atoms with van der Waals surface area (Å²) in [5.74, 6) is -1.63. The zero-order valence-corrected chi connectivity index (χ0v) is 26.8. The molecule has 0 amide bonds. The van der Waals surface area contributed by atoms with Gasteiger partial charge in [-0.1, -0.05) is 74.5 Å². The molecule has 0 aliphatic carbocycles. The number of hydrogen-bond acceptors (Lipinski definition) is 8. The number of benzene rings is 3. The number of quaternary nitrogens is 1. The molecule has 10 nitrogen and oxygen atoms in total. The van der Waals surface area contributed by atoms with Crippen LogP contribution >= 0.6 is 7.94 Å². The summed E-state index contributed by atoms with van der Waals surface area (Å²) in [6, 6.07) is 26.0. The average molecular weight is 632 g/mol. The van der Waals surface area contributed by atoms with E-state index in [1.54, 1.807) is 19.9 Å².